The number of aromatic nitrogens is 5. The van der Waals surface area contributed by atoms with Gasteiger partial charge in [-0.25, -0.2) is 14.3 Å². The number of carbonyl (C=O) groups is 1. The Labute approximate surface area is 202 Å². The standard InChI is InChI=1S/C20H21N6O9P/c1-20-14(33-19(28)34-20)12(32-17(20)26-9-23-13-15(26)24-18(21)25-16(13)27)8-31-36(29)30-7-5-11(35-36)10-4-2-3-6-22-10/h2-4,6,9,11-12,14,17H,5,7-8H2,1H3,(H3,21,24,25,27). The molecular formula is C20H21N6O9P. The minimum atomic E-state index is -3.99. The van der Waals surface area contributed by atoms with Gasteiger partial charge in [-0.1, -0.05) is 6.07 Å². The smallest absolute Gasteiger partial charge is 0.424 e. The molecule has 6 heterocycles. The number of nitrogens with two attached hydrogens (primary N) is 1. The first-order chi connectivity index (χ1) is 17.3. The molecule has 0 bridgehead atoms. The second kappa shape index (κ2) is 8.35. The predicted octanol–water partition coefficient (Wildman–Crippen LogP) is 1.59. The highest BCUT2D eigenvalue weighted by Crippen LogP contribution is 2.57. The zero-order valence-electron chi connectivity index (χ0n) is 18.8. The van der Waals surface area contributed by atoms with Crippen LogP contribution in [0.4, 0.5) is 10.7 Å². The molecule has 16 heteroatoms. The third-order valence-electron chi connectivity index (χ3n) is 6.23. The van der Waals surface area contributed by atoms with Crippen LogP contribution in [0.15, 0.2) is 35.5 Å². The molecule has 6 rings (SSSR count). The summed E-state index contributed by atoms with van der Waals surface area (Å²) in [6.07, 6.45) is -1.01. The van der Waals surface area contributed by atoms with Crippen molar-refractivity contribution in [3.8, 4) is 0 Å². The SMILES string of the molecule is CC12OC(=O)OC1C(COP1(=O)OCCC(c3ccccn3)O1)OC2n1cnc2c(=O)[nH]c(N)nc21. The van der Waals surface area contributed by atoms with Gasteiger partial charge in [-0.05, 0) is 19.1 Å². The molecule has 3 saturated heterocycles. The Morgan fingerprint density at radius 3 is 3.00 bits per heavy atom. The normalized spacial score (nSPS) is 33.9. The molecule has 3 aliphatic rings. The fraction of sp³-hybridized carbons (Fsp3) is 0.450. The molecule has 3 aromatic heterocycles. The van der Waals surface area contributed by atoms with Crippen LogP contribution in [0, 0.1) is 0 Å². The molecule has 6 unspecified atom stereocenters. The summed E-state index contributed by atoms with van der Waals surface area (Å²) >= 11 is 0. The first-order valence-electron chi connectivity index (χ1n) is 11.0. The molecule has 0 aliphatic carbocycles. The van der Waals surface area contributed by atoms with Crippen molar-refractivity contribution >= 4 is 31.1 Å². The van der Waals surface area contributed by atoms with E-state index in [9.17, 15) is 14.2 Å². The van der Waals surface area contributed by atoms with Gasteiger partial charge >= 0.3 is 14.0 Å². The Balaban J connectivity index is 1.25. The molecule has 0 aromatic carbocycles. The van der Waals surface area contributed by atoms with Crippen molar-refractivity contribution in [3.63, 3.8) is 0 Å². The van der Waals surface area contributed by atoms with Crippen LogP contribution in [0.2, 0.25) is 0 Å². The van der Waals surface area contributed by atoms with Crippen molar-refractivity contribution in [2.24, 2.45) is 0 Å². The van der Waals surface area contributed by atoms with E-state index in [1.807, 2.05) is 0 Å². The van der Waals surface area contributed by atoms with Crippen molar-refractivity contribution in [1.82, 2.24) is 24.5 Å². The molecule has 0 spiro atoms. The number of ether oxygens (including phenoxy) is 3. The van der Waals surface area contributed by atoms with Gasteiger partial charge in [-0.3, -0.25) is 32.9 Å². The maximum Gasteiger partial charge on any atom is 0.509 e. The van der Waals surface area contributed by atoms with Crippen LogP contribution >= 0.6 is 7.82 Å². The van der Waals surface area contributed by atoms with Crippen molar-refractivity contribution in [2.45, 2.75) is 43.5 Å². The Kier molecular flexibility index (Phi) is 5.35. The minimum absolute atomic E-state index is 0.0203. The number of aromatic amines is 1. The van der Waals surface area contributed by atoms with E-state index in [0.717, 1.165) is 0 Å². The highest BCUT2D eigenvalue weighted by atomic mass is 31.2. The number of nitrogens with one attached hydrogen (secondary N) is 1. The van der Waals surface area contributed by atoms with E-state index in [4.69, 9.17) is 33.5 Å². The van der Waals surface area contributed by atoms with Crippen molar-refractivity contribution < 1.29 is 37.1 Å². The topological polar surface area (TPSA) is 192 Å². The second-order valence-electron chi connectivity index (χ2n) is 8.59. The lowest BCUT2D eigenvalue weighted by Crippen LogP contribution is -2.42. The average Bonchev–Trinajstić information content (AvgIpc) is 3.47. The quantitative estimate of drug-likeness (QED) is 0.364. The highest BCUT2D eigenvalue weighted by Gasteiger charge is 2.64. The third kappa shape index (κ3) is 3.76. The fourth-order valence-corrected chi connectivity index (χ4v) is 5.96. The molecule has 190 valence electrons. The van der Waals surface area contributed by atoms with E-state index in [2.05, 4.69) is 19.9 Å². The lowest BCUT2D eigenvalue weighted by Gasteiger charge is -2.29. The van der Waals surface area contributed by atoms with E-state index >= 15 is 0 Å². The number of imidazole rings is 1. The maximum absolute atomic E-state index is 13.2. The lowest BCUT2D eigenvalue weighted by atomic mass is 9.96. The number of pyridine rings is 1. The zero-order valence-corrected chi connectivity index (χ0v) is 19.7. The second-order valence-corrected chi connectivity index (χ2v) is 10.2. The van der Waals surface area contributed by atoms with E-state index < -0.39 is 49.7 Å². The number of rotatable bonds is 5. The van der Waals surface area contributed by atoms with Crippen molar-refractivity contribution in [3.05, 3.63) is 46.8 Å². The largest absolute Gasteiger partial charge is 0.509 e. The van der Waals surface area contributed by atoms with Gasteiger partial charge in [-0.2, -0.15) is 4.98 Å². The number of carbonyl (C=O) groups excluding carboxylic acids is 1. The number of nitrogen functional groups attached to an aromatic ring is 1. The monoisotopic (exact) mass is 520 g/mol. The average molecular weight is 520 g/mol. The van der Waals surface area contributed by atoms with E-state index in [0.29, 0.717) is 12.1 Å². The van der Waals surface area contributed by atoms with Gasteiger partial charge in [-0.15, -0.1) is 0 Å². The van der Waals surface area contributed by atoms with Crippen molar-refractivity contribution in [2.75, 3.05) is 18.9 Å². The van der Waals surface area contributed by atoms with E-state index in [1.54, 1.807) is 31.3 Å². The molecule has 3 N–H and O–H groups in total. The Morgan fingerprint density at radius 1 is 1.33 bits per heavy atom. The number of hydrogen-bond acceptors (Lipinski definition) is 13. The molecule has 0 radical (unpaired) electrons. The molecule has 3 aliphatic heterocycles. The van der Waals surface area contributed by atoms with Crippen LogP contribution in [0.25, 0.3) is 11.2 Å². The molecule has 36 heavy (non-hydrogen) atoms. The highest BCUT2D eigenvalue weighted by molar-refractivity contribution is 7.48. The number of H-pyrrole nitrogens is 1. The predicted molar refractivity (Wildman–Crippen MR) is 118 cm³/mol. The number of nitrogens with zero attached hydrogens (tertiary/aromatic N) is 4. The van der Waals surface area contributed by atoms with Gasteiger partial charge in [0.1, 0.15) is 12.2 Å². The van der Waals surface area contributed by atoms with Gasteiger partial charge in [0, 0.05) is 12.6 Å². The molecule has 3 fully saturated rings. The summed E-state index contributed by atoms with van der Waals surface area (Å²) in [6.45, 7) is 1.42. The zero-order chi connectivity index (χ0) is 25.1. The summed E-state index contributed by atoms with van der Waals surface area (Å²) in [7, 11) is -3.99. The number of phosphoric ester groups is 1. The lowest BCUT2D eigenvalue weighted by molar-refractivity contribution is -0.0926. The Hall–Kier alpha value is -3.36. The summed E-state index contributed by atoms with van der Waals surface area (Å²) in [4.78, 5) is 39.1. The number of phosphoric acid groups is 1. The van der Waals surface area contributed by atoms with Crippen LogP contribution in [-0.2, 0) is 32.3 Å². The molecule has 6 atom stereocenters. The summed E-state index contributed by atoms with van der Waals surface area (Å²) in [5, 5.41) is 0. The molecule has 3 aromatic rings. The summed E-state index contributed by atoms with van der Waals surface area (Å²) in [5.41, 5.74) is 4.55. The Morgan fingerprint density at radius 2 is 2.19 bits per heavy atom. The van der Waals surface area contributed by atoms with Crippen LogP contribution < -0.4 is 11.3 Å². The number of hydrogen-bond donors (Lipinski definition) is 2. The maximum atomic E-state index is 13.2. The molecule has 0 amide bonds. The van der Waals surface area contributed by atoms with Gasteiger partial charge in [0.15, 0.2) is 29.1 Å². The van der Waals surface area contributed by atoms with Crippen LogP contribution in [0.5, 0.6) is 0 Å². The van der Waals surface area contributed by atoms with Crippen LogP contribution in [0.1, 0.15) is 31.4 Å². The van der Waals surface area contributed by atoms with Gasteiger partial charge < -0.3 is 19.9 Å². The van der Waals surface area contributed by atoms with E-state index in [1.165, 1.54) is 10.9 Å². The summed E-state index contributed by atoms with van der Waals surface area (Å²) < 4.78 is 48.1. The third-order valence-corrected chi connectivity index (χ3v) is 7.70. The molecular weight excluding hydrogens is 499 g/mol. The summed E-state index contributed by atoms with van der Waals surface area (Å²) in [5.74, 6) is -0.124. The van der Waals surface area contributed by atoms with Crippen molar-refractivity contribution in [1.29, 1.82) is 0 Å². The van der Waals surface area contributed by atoms with E-state index in [-0.39, 0.29) is 30.3 Å². The first-order valence-corrected chi connectivity index (χ1v) is 12.5. The minimum Gasteiger partial charge on any atom is -0.424 e. The Bertz CT molecular complexity index is 1430. The number of fused-ring (bicyclic) bond motifs is 2. The van der Waals surface area contributed by atoms with Crippen LogP contribution in [-0.4, -0.2) is 61.7 Å². The number of anilines is 1. The van der Waals surface area contributed by atoms with Gasteiger partial charge in [0.05, 0.1) is 25.2 Å². The summed E-state index contributed by atoms with van der Waals surface area (Å²) in [6, 6.07) is 5.32. The van der Waals surface area contributed by atoms with Gasteiger partial charge in [0.2, 0.25) is 5.95 Å². The fourth-order valence-electron chi connectivity index (χ4n) is 4.58. The first kappa shape index (κ1) is 23.1. The van der Waals surface area contributed by atoms with Gasteiger partial charge in [0.25, 0.3) is 5.56 Å². The molecule has 15 nitrogen and oxygen atoms in total. The van der Waals surface area contributed by atoms with Crippen LogP contribution in [0.3, 0.4) is 0 Å². The molecule has 0 saturated carbocycles.